The average Bonchev–Trinajstić information content (AvgIpc) is 3.23. The fourth-order valence-corrected chi connectivity index (χ4v) is 4.47. The van der Waals surface area contributed by atoms with Crippen molar-refractivity contribution in [2.75, 3.05) is 32.7 Å². The minimum Gasteiger partial charge on any atom is -0.504 e. The highest BCUT2D eigenvalue weighted by atomic mass is 16.3. The first-order valence-electron chi connectivity index (χ1n) is 12.1. The van der Waals surface area contributed by atoms with Crippen molar-refractivity contribution in [3.8, 4) is 23.0 Å². The third-order valence-corrected chi connectivity index (χ3v) is 6.31. The molecule has 0 bridgehead atoms. The molecule has 0 fully saturated rings. The number of rotatable bonds is 13. The lowest BCUT2D eigenvalue weighted by Crippen LogP contribution is -2.28. The molecular weight excluding hydrogens is 416 g/mol. The molecule has 6 nitrogen and oxygen atoms in total. The molecule has 3 rings (SSSR count). The van der Waals surface area contributed by atoms with Gasteiger partial charge in [-0.15, -0.1) is 0 Å². The Morgan fingerprint density at radius 3 is 2.18 bits per heavy atom. The molecule has 4 N–H and O–H groups in total. The minimum absolute atomic E-state index is 0.0490. The summed E-state index contributed by atoms with van der Waals surface area (Å²) in [6.45, 7) is 7.41. The molecule has 0 atom stereocenters. The predicted octanol–water partition coefficient (Wildman–Crippen LogP) is 4.77. The van der Waals surface area contributed by atoms with Gasteiger partial charge in [0.15, 0.2) is 23.0 Å². The van der Waals surface area contributed by atoms with Gasteiger partial charge in [-0.05, 0) is 80.6 Å². The molecule has 1 aliphatic heterocycles. The van der Waals surface area contributed by atoms with E-state index >= 15 is 0 Å². The van der Waals surface area contributed by atoms with Crippen LogP contribution < -0.4 is 0 Å². The maximum Gasteiger partial charge on any atom is 0.157 e. The highest BCUT2D eigenvalue weighted by molar-refractivity contribution is 5.42. The second-order valence-electron chi connectivity index (χ2n) is 8.95. The highest BCUT2D eigenvalue weighted by Crippen LogP contribution is 2.28. The first-order valence-corrected chi connectivity index (χ1v) is 12.1. The summed E-state index contributed by atoms with van der Waals surface area (Å²) in [6.07, 6.45) is 9.63. The number of phenols is 4. The second-order valence-corrected chi connectivity index (χ2v) is 8.95. The fraction of sp³-hybridized carbons (Fsp3) is 0.481. The number of unbranched alkanes of at least 4 members (excludes halogenated alkanes) is 2. The molecule has 2 aromatic carbocycles. The van der Waals surface area contributed by atoms with E-state index in [1.807, 2.05) is 12.1 Å². The van der Waals surface area contributed by atoms with E-state index < -0.39 is 0 Å². The Labute approximate surface area is 197 Å². The number of phenolic OH excluding ortho intramolecular Hbond substituents is 4. The summed E-state index contributed by atoms with van der Waals surface area (Å²) in [5.41, 5.74) is 3.37. The molecule has 0 amide bonds. The minimum atomic E-state index is -0.0747. The van der Waals surface area contributed by atoms with Crippen molar-refractivity contribution in [1.82, 2.24) is 9.80 Å². The number of hydrogen-bond acceptors (Lipinski definition) is 6. The molecule has 2 aromatic rings. The van der Waals surface area contributed by atoms with Gasteiger partial charge in [0.1, 0.15) is 0 Å². The number of aromatic hydroxyl groups is 4. The van der Waals surface area contributed by atoms with E-state index in [1.54, 1.807) is 24.3 Å². The van der Waals surface area contributed by atoms with Crippen molar-refractivity contribution in [1.29, 1.82) is 0 Å². The van der Waals surface area contributed by atoms with Crippen LogP contribution in [0.2, 0.25) is 0 Å². The summed E-state index contributed by atoms with van der Waals surface area (Å²) in [7, 11) is 0. The van der Waals surface area contributed by atoms with Crippen LogP contribution in [0.15, 0.2) is 48.2 Å². The Hall–Kier alpha value is -2.86. The zero-order chi connectivity index (χ0) is 23.6. The average molecular weight is 455 g/mol. The van der Waals surface area contributed by atoms with E-state index in [9.17, 15) is 20.4 Å². The van der Waals surface area contributed by atoms with Crippen molar-refractivity contribution < 1.29 is 20.4 Å². The molecule has 1 heterocycles. The van der Waals surface area contributed by atoms with E-state index in [2.05, 4.69) is 22.8 Å². The van der Waals surface area contributed by atoms with Crippen LogP contribution in [0.3, 0.4) is 0 Å². The van der Waals surface area contributed by atoms with Gasteiger partial charge in [0.05, 0.1) is 0 Å². The molecule has 0 saturated carbocycles. The van der Waals surface area contributed by atoms with Gasteiger partial charge in [-0.1, -0.05) is 31.6 Å². The lowest BCUT2D eigenvalue weighted by Gasteiger charge is -2.24. The Balaban J connectivity index is 1.37. The molecule has 0 radical (unpaired) electrons. The van der Waals surface area contributed by atoms with Crippen molar-refractivity contribution in [3.63, 3.8) is 0 Å². The van der Waals surface area contributed by atoms with Gasteiger partial charge in [0.25, 0.3) is 0 Å². The maximum absolute atomic E-state index is 9.74. The van der Waals surface area contributed by atoms with Crippen molar-refractivity contribution in [2.24, 2.45) is 0 Å². The van der Waals surface area contributed by atoms with E-state index in [0.29, 0.717) is 0 Å². The predicted molar refractivity (Wildman–Crippen MR) is 132 cm³/mol. The van der Waals surface area contributed by atoms with Gasteiger partial charge in [-0.2, -0.15) is 0 Å². The Kier molecular flexibility index (Phi) is 9.31. The van der Waals surface area contributed by atoms with Crippen LogP contribution in [0.5, 0.6) is 23.0 Å². The SMILES string of the molecule is CCCN(CCCCCN1CCC=C1Cc1ccc(O)c(O)c1)CCc1ccc(O)c(O)c1. The topological polar surface area (TPSA) is 87.4 Å². The molecule has 0 unspecified atom stereocenters. The van der Waals surface area contributed by atoms with E-state index in [0.717, 1.165) is 76.0 Å². The highest BCUT2D eigenvalue weighted by Gasteiger charge is 2.15. The van der Waals surface area contributed by atoms with Crippen LogP contribution in [0.25, 0.3) is 0 Å². The van der Waals surface area contributed by atoms with Gasteiger partial charge in [0.2, 0.25) is 0 Å². The van der Waals surface area contributed by atoms with Gasteiger partial charge < -0.3 is 30.2 Å². The standard InChI is InChI=1S/C27H38N2O4/c1-2-13-28(17-12-21-8-10-24(30)26(32)19-21)14-4-3-5-15-29-16-6-7-23(29)18-22-9-11-25(31)27(33)20-22/h7-11,19-20,30-33H,2-6,12-18H2,1H3. The third kappa shape index (κ3) is 7.60. The summed E-state index contributed by atoms with van der Waals surface area (Å²) in [5.74, 6) is -0.251. The summed E-state index contributed by atoms with van der Waals surface area (Å²) in [5, 5.41) is 38.4. The van der Waals surface area contributed by atoms with E-state index in [1.165, 1.54) is 18.5 Å². The lowest BCUT2D eigenvalue weighted by atomic mass is 10.1. The number of nitrogens with zero attached hydrogens (tertiary/aromatic N) is 2. The normalized spacial score (nSPS) is 13.6. The summed E-state index contributed by atoms with van der Waals surface area (Å²) in [4.78, 5) is 4.94. The summed E-state index contributed by atoms with van der Waals surface area (Å²) < 4.78 is 0. The molecule has 33 heavy (non-hydrogen) atoms. The lowest BCUT2D eigenvalue weighted by molar-refractivity contribution is 0.267. The summed E-state index contributed by atoms with van der Waals surface area (Å²) >= 11 is 0. The van der Waals surface area contributed by atoms with E-state index in [4.69, 9.17) is 0 Å². The monoisotopic (exact) mass is 454 g/mol. The molecule has 0 saturated heterocycles. The third-order valence-electron chi connectivity index (χ3n) is 6.31. The first kappa shape index (κ1) is 24.8. The molecule has 6 heteroatoms. The molecule has 180 valence electrons. The molecule has 0 spiro atoms. The van der Waals surface area contributed by atoms with Gasteiger partial charge in [0, 0.05) is 31.8 Å². The van der Waals surface area contributed by atoms with Crippen LogP contribution in [0, 0.1) is 0 Å². The largest absolute Gasteiger partial charge is 0.504 e. The van der Waals surface area contributed by atoms with E-state index in [-0.39, 0.29) is 23.0 Å². The molecular formula is C27H38N2O4. The van der Waals surface area contributed by atoms with Gasteiger partial charge >= 0.3 is 0 Å². The zero-order valence-electron chi connectivity index (χ0n) is 19.7. The summed E-state index contributed by atoms with van der Waals surface area (Å²) in [6, 6.07) is 10.2. The van der Waals surface area contributed by atoms with Crippen molar-refractivity contribution in [2.45, 2.75) is 51.9 Å². The quantitative estimate of drug-likeness (QED) is 0.258. The van der Waals surface area contributed by atoms with Gasteiger partial charge in [-0.25, -0.2) is 0 Å². The number of hydrogen-bond donors (Lipinski definition) is 4. The molecule has 1 aliphatic rings. The Morgan fingerprint density at radius 2 is 1.48 bits per heavy atom. The van der Waals surface area contributed by atoms with Crippen LogP contribution >= 0.6 is 0 Å². The Morgan fingerprint density at radius 1 is 0.788 bits per heavy atom. The first-order chi connectivity index (χ1) is 16.0. The fourth-order valence-electron chi connectivity index (χ4n) is 4.47. The number of benzene rings is 2. The molecule has 0 aliphatic carbocycles. The smallest absolute Gasteiger partial charge is 0.157 e. The van der Waals surface area contributed by atoms with Crippen molar-refractivity contribution in [3.05, 3.63) is 59.3 Å². The molecule has 0 aromatic heterocycles. The van der Waals surface area contributed by atoms with Crippen molar-refractivity contribution >= 4 is 0 Å². The number of allylic oxidation sites excluding steroid dienone is 1. The zero-order valence-corrected chi connectivity index (χ0v) is 19.7. The Bertz CT molecular complexity index is 928. The van der Waals surface area contributed by atoms with Gasteiger partial charge in [-0.3, -0.25) is 0 Å². The maximum atomic E-state index is 9.74. The second kappa shape index (κ2) is 12.4. The van der Waals surface area contributed by atoms with Crippen LogP contribution in [0.4, 0.5) is 0 Å². The van der Waals surface area contributed by atoms with Crippen LogP contribution in [0.1, 0.15) is 50.2 Å². The van der Waals surface area contributed by atoms with Crippen LogP contribution in [-0.4, -0.2) is 62.9 Å². The van der Waals surface area contributed by atoms with Crippen LogP contribution in [-0.2, 0) is 12.8 Å².